The number of amides is 2. The summed E-state index contributed by atoms with van der Waals surface area (Å²) < 4.78 is 37.0. The second-order valence-corrected chi connectivity index (χ2v) is 14.1. The molecule has 2 aromatic heterocycles. The summed E-state index contributed by atoms with van der Waals surface area (Å²) in [6, 6.07) is 11.0. The van der Waals surface area contributed by atoms with Gasteiger partial charge >= 0.3 is 6.55 Å². The van der Waals surface area contributed by atoms with Crippen molar-refractivity contribution in [2.45, 2.75) is 52.3 Å². The number of carbonyl (C=O) groups is 2. The number of ether oxygens (including phenoxy) is 2. The molecule has 0 bridgehead atoms. The number of rotatable bonds is 9. The average molecular weight is 728 g/mol. The Morgan fingerprint density at radius 3 is 2.35 bits per heavy atom. The lowest BCUT2D eigenvalue weighted by Crippen LogP contribution is -2.67. The van der Waals surface area contributed by atoms with Crippen molar-refractivity contribution >= 4 is 29.9 Å². The van der Waals surface area contributed by atoms with Crippen LogP contribution in [-0.4, -0.2) is 99.1 Å². The summed E-state index contributed by atoms with van der Waals surface area (Å²) in [5.41, 5.74) is 9.49. The van der Waals surface area contributed by atoms with Crippen LogP contribution in [0.3, 0.4) is 0 Å². The second kappa shape index (κ2) is 17.0. The number of hydrogen-bond acceptors (Lipinski definition) is 8. The highest BCUT2D eigenvalue weighted by Gasteiger charge is 2.48. The zero-order valence-corrected chi connectivity index (χ0v) is 30.3. The molecule has 2 aliphatic rings. The molecule has 13 nitrogen and oxygen atoms in total. The van der Waals surface area contributed by atoms with Gasteiger partial charge in [-0.1, -0.05) is 57.5 Å². The molecule has 3 N–H and O–H groups in total. The van der Waals surface area contributed by atoms with Crippen LogP contribution in [0.1, 0.15) is 62.6 Å². The molecule has 0 radical (unpaired) electrons. The monoisotopic (exact) mass is 727 g/mol. The van der Waals surface area contributed by atoms with Crippen LogP contribution in [0.4, 0.5) is 8.78 Å². The number of hydrogen-bond donors (Lipinski definition) is 2. The van der Waals surface area contributed by atoms with E-state index in [9.17, 15) is 18.4 Å². The number of halogens is 3. The minimum Gasteiger partial charge on any atom is -0.382 e. The molecule has 4 heterocycles. The highest BCUT2D eigenvalue weighted by Crippen LogP contribution is 2.35. The third-order valence-electron chi connectivity index (χ3n) is 7.74. The quantitative estimate of drug-likeness (QED) is 0.124. The maximum absolute atomic E-state index is 13.7. The fraction of sp³-hybridized carbons (Fsp3) is 0.429. The molecule has 2 amide bonds. The van der Waals surface area contributed by atoms with Gasteiger partial charge in [0.1, 0.15) is 11.9 Å². The first kappa shape index (κ1) is 39.1. The van der Waals surface area contributed by atoms with Crippen molar-refractivity contribution in [1.82, 2.24) is 34.8 Å². The number of guanidine groups is 1. The molecule has 1 spiro atoms. The molecule has 2 aromatic carbocycles. The van der Waals surface area contributed by atoms with Crippen LogP contribution in [0.15, 0.2) is 66.2 Å². The highest BCUT2D eigenvalue weighted by molar-refractivity contribution is 6.33. The average Bonchev–Trinajstić information content (AvgIpc) is 3.77. The van der Waals surface area contributed by atoms with Crippen LogP contribution in [0, 0.1) is 5.41 Å². The van der Waals surface area contributed by atoms with Crippen molar-refractivity contribution < 1.29 is 27.8 Å². The summed E-state index contributed by atoms with van der Waals surface area (Å²) in [6.45, 7) is 8.62. The summed E-state index contributed by atoms with van der Waals surface area (Å²) >= 11 is 6.39. The number of aromatic nitrogens is 5. The number of likely N-dealkylation sites (tertiary alicyclic amines) is 1. The van der Waals surface area contributed by atoms with E-state index in [0.717, 1.165) is 32.5 Å². The lowest BCUT2D eigenvalue weighted by molar-refractivity contribution is -0.216. The number of benzene rings is 2. The normalized spacial score (nSPS) is 15.5. The molecule has 0 aliphatic carbocycles. The van der Waals surface area contributed by atoms with Gasteiger partial charge in [-0.2, -0.15) is 19.0 Å². The minimum absolute atomic E-state index is 0.0227. The van der Waals surface area contributed by atoms with Gasteiger partial charge in [-0.3, -0.25) is 24.6 Å². The Hall–Kier alpha value is -4.73. The van der Waals surface area contributed by atoms with Crippen molar-refractivity contribution in [2.24, 2.45) is 16.1 Å². The van der Waals surface area contributed by atoms with E-state index in [4.69, 9.17) is 26.8 Å². The first-order valence-electron chi connectivity index (χ1n) is 16.1. The van der Waals surface area contributed by atoms with Crippen LogP contribution in [0.2, 0.25) is 5.02 Å². The molecule has 16 heteroatoms. The van der Waals surface area contributed by atoms with Gasteiger partial charge in [-0.05, 0) is 40.8 Å². The number of aromatic amines is 1. The van der Waals surface area contributed by atoms with Crippen LogP contribution in [-0.2, 0) is 14.3 Å². The molecular formula is C35H44ClF2N9O4. The maximum atomic E-state index is 13.7. The highest BCUT2D eigenvalue weighted by atomic mass is 35.5. The van der Waals surface area contributed by atoms with Crippen LogP contribution in [0.25, 0.3) is 22.5 Å². The van der Waals surface area contributed by atoms with E-state index in [-0.39, 0.29) is 18.2 Å². The Morgan fingerprint density at radius 2 is 1.86 bits per heavy atom. The molecule has 2 aliphatic heterocycles. The number of nitrogens with one attached hydrogen (secondary N) is 1. The second-order valence-electron chi connectivity index (χ2n) is 13.7. The Labute approximate surface area is 300 Å². The molecule has 1 atom stereocenters. The number of H-pyrrole nitrogens is 1. The smallest absolute Gasteiger partial charge is 0.333 e. The third-order valence-corrected chi connectivity index (χ3v) is 8.07. The molecule has 51 heavy (non-hydrogen) atoms. The van der Waals surface area contributed by atoms with E-state index in [1.807, 2.05) is 0 Å². The molecular weight excluding hydrogens is 684 g/mol. The third kappa shape index (κ3) is 10.2. The molecule has 6 rings (SSSR count). The summed E-state index contributed by atoms with van der Waals surface area (Å²) in [4.78, 5) is 35.1. The molecule has 2 fully saturated rings. The van der Waals surface area contributed by atoms with Crippen molar-refractivity contribution in [3.63, 3.8) is 0 Å². The first-order chi connectivity index (χ1) is 24.2. The van der Waals surface area contributed by atoms with Crippen molar-refractivity contribution in [1.29, 1.82) is 0 Å². The number of alkyl halides is 2. The Morgan fingerprint density at radius 1 is 1.20 bits per heavy atom. The Bertz CT molecular complexity index is 1760. The number of methoxy groups -OCH3 is 1. The van der Waals surface area contributed by atoms with Crippen LogP contribution < -0.4 is 5.73 Å². The van der Waals surface area contributed by atoms with Gasteiger partial charge < -0.3 is 20.1 Å². The van der Waals surface area contributed by atoms with Gasteiger partial charge in [0.25, 0.3) is 5.91 Å². The lowest BCUT2D eigenvalue weighted by Gasteiger charge is -2.53. The van der Waals surface area contributed by atoms with E-state index >= 15 is 0 Å². The topological polar surface area (TPSA) is 157 Å². The Kier molecular flexibility index (Phi) is 13.0. The maximum Gasteiger partial charge on any atom is 0.333 e. The summed E-state index contributed by atoms with van der Waals surface area (Å²) in [5.74, 6) is 0.00502. The van der Waals surface area contributed by atoms with Crippen LogP contribution in [0.5, 0.6) is 0 Å². The van der Waals surface area contributed by atoms with Gasteiger partial charge in [0.2, 0.25) is 6.41 Å². The fourth-order valence-corrected chi connectivity index (χ4v) is 5.41. The van der Waals surface area contributed by atoms with Crippen molar-refractivity contribution in [3.05, 3.63) is 77.3 Å². The summed E-state index contributed by atoms with van der Waals surface area (Å²) in [7, 11) is 2.99. The number of carbonyl (C=O) groups excluding carboxylic acids is 2. The van der Waals surface area contributed by atoms with Gasteiger partial charge in [-0.15, -0.1) is 0 Å². The van der Waals surface area contributed by atoms with Gasteiger partial charge in [0.15, 0.2) is 11.8 Å². The van der Waals surface area contributed by atoms with E-state index in [1.165, 1.54) is 37.8 Å². The first-order valence-corrected chi connectivity index (χ1v) is 16.5. The minimum atomic E-state index is -2.74. The van der Waals surface area contributed by atoms with E-state index in [2.05, 4.69) is 53.0 Å². The molecule has 274 valence electrons. The molecule has 2 saturated heterocycles. The number of aliphatic imine (C=N–C) groups is 1. The largest absolute Gasteiger partial charge is 0.382 e. The van der Waals surface area contributed by atoms with Gasteiger partial charge in [0.05, 0.1) is 43.6 Å². The molecule has 1 unspecified atom stereocenters. The SMILES string of the molecule is CC(C)(C)C.CN=C(N)N(C(=O)c1ccc(-c2cnn(C(F)F)c2)cc1)C(COC)c1ccc(Cl)c(-c2ncn[nH]2)c1.O=CN1CC2(CCO2)C1. The predicted octanol–water partition coefficient (Wildman–Crippen LogP) is 5.83. The Balaban J connectivity index is 0.000000344. The van der Waals surface area contributed by atoms with Gasteiger partial charge in [0, 0.05) is 43.5 Å². The lowest BCUT2D eigenvalue weighted by atomic mass is 9.87. The fourth-order valence-electron chi connectivity index (χ4n) is 5.20. The predicted molar refractivity (Wildman–Crippen MR) is 190 cm³/mol. The summed E-state index contributed by atoms with van der Waals surface area (Å²) in [5, 5.41) is 10.7. The van der Waals surface area contributed by atoms with Crippen molar-refractivity contribution in [3.8, 4) is 22.5 Å². The van der Waals surface area contributed by atoms with Crippen molar-refractivity contribution in [2.75, 3.05) is 40.5 Å². The standard InChI is InChI=1S/C24H23ClF2N8O2.C6H9NO2.C5H12/c1-29-24(28)35(20(12-37-2)16-7-8-19(25)18(9-16)21-30-13-31-33-21)22(36)15-5-3-14(4-6-15)17-10-32-34(11-17)23(26)27;8-5-7-3-6(4-7)1-2-9-6;1-5(2,3)4/h3-11,13,20,23H,12H2,1-2H3,(H2,28,29)(H,30,31,33);5H,1-4H2;1-4H3. The number of nitrogens with two attached hydrogens (primary N) is 1. The summed E-state index contributed by atoms with van der Waals surface area (Å²) in [6.07, 6.45) is 5.95. The molecule has 4 aromatic rings. The molecule has 0 saturated carbocycles. The van der Waals surface area contributed by atoms with Crippen LogP contribution >= 0.6 is 11.6 Å². The van der Waals surface area contributed by atoms with E-state index in [1.54, 1.807) is 47.4 Å². The number of nitrogens with zero attached hydrogens (tertiary/aromatic N) is 7. The van der Waals surface area contributed by atoms with E-state index < -0.39 is 18.5 Å². The van der Waals surface area contributed by atoms with E-state index in [0.29, 0.717) is 48.8 Å². The zero-order chi connectivity index (χ0) is 37.3. The van der Waals surface area contributed by atoms with Gasteiger partial charge in [-0.25, -0.2) is 9.67 Å². The zero-order valence-electron chi connectivity index (χ0n) is 29.5.